The van der Waals surface area contributed by atoms with Crippen molar-refractivity contribution in [2.75, 3.05) is 31.6 Å². The molecule has 0 atom stereocenters. The molecule has 1 N–H and O–H groups in total. The predicted octanol–water partition coefficient (Wildman–Crippen LogP) is 4.26. The summed E-state index contributed by atoms with van der Waals surface area (Å²) in [6, 6.07) is 10.2. The van der Waals surface area contributed by atoms with Crippen LogP contribution in [0, 0.1) is 5.92 Å². The van der Waals surface area contributed by atoms with Crippen LogP contribution in [0.5, 0.6) is 11.5 Å². The molecular weight excluding hydrogens is 415 g/mol. The molecule has 2 heterocycles. The number of halogens is 2. The van der Waals surface area contributed by atoms with Gasteiger partial charge in [0.05, 0.1) is 10.6 Å². The second-order valence-corrected chi connectivity index (χ2v) is 7.88. The van der Waals surface area contributed by atoms with E-state index in [1.165, 1.54) is 0 Å². The maximum Gasteiger partial charge on any atom is 0.255 e. The Kier molecular flexibility index (Phi) is 5.83. The first-order chi connectivity index (χ1) is 14.0. The molecule has 29 heavy (non-hydrogen) atoms. The molecule has 0 radical (unpaired) electrons. The third-order valence-corrected chi connectivity index (χ3v) is 5.67. The van der Waals surface area contributed by atoms with E-state index in [0.29, 0.717) is 71.9 Å². The second-order valence-electron chi connectivity index (χ2n) is 7.04. The number of hydrogen-bond acceptors (Lipinski definition) is 4. The van der Waals surface area contributed by atoms with Crippen molar-refractivity contribution in [2.45, 2.75) is 12.8 Å². The Bertz CT molecular complexity index is 942. The zero-order chi connectivity index (χ0) is 20.4. The van der Waals surface area contributed by atoms with Crippen molar-refractivity contribution in [1.82, 2.24) is 4.90 Å². The summed E-state index contributed by atoms with van der Waals surface area (Å²) in [5.41, 5.74) is 1.10. The summed E-state index contributed by atoms with van der Waals surface area (Å²) in [5, 5.41) is 3.76. The van der Waals surface area contributed by atoms with Gasteiger partial charge in [-0.05, 0) is 43.2 Å². The number of anilines is 1. The fraction of sp³-hybridized carbons (Fsp3) is 0.333. The van der Waals surface area contributed by atoms with Gasteiger partial charge in [0.2, 0.25) is 5.91 Å². The monoisotopic (exact) mass is 434 g/mol. The molecule has 2 aliphatic heterocycles. The van der Waals surface area contributed by atoms with Gasteiger partial charge in [-0.25, -0.2) is 0 Å². The molecule has 0 aromatic heterocycles. The number of hydrogen-bond donors (Lipinski definition) is 1. The van der Waals surface area contributed by atoms with Gasteiger partial charge in [-0.15, -0.1) is 0 Å². The fourth-order valence-electron chi connectivity index (χ4n) is 3.54. The number of carbonyl (C=O) groups is 2. The Morgan fingerprint density at radius 2 is 1.69 bits per heavy atom. The number of carbonyl (C=O) groups excluding carboxylic acids is 2. The highest BCUT2D eigenvalue weighted by Crippen LogP contribution is 2.33. The van der Waals surface area contributed by atoms with E-state index in [4.69, 9.17) is 32.7 Å². The molecule has 0 unspecified atom stereocenters. The summed E-state index contributed by atoms with van der Waals surface area (Å²) in [7, 11) is 0. The molecule has 4 rings (SSSR count). The average molecular weight is 435 g/mol. The molecule has 8 heteroatoms. The number of fused-ring (bicyclic) bond motifs is 1. The van der Waals surface area contributed by atoms with E-state index in [9.17, 15) is 9.59 Å². The molecule has 0 bridgehead atoms. The molecule has 1 saturated heterocycles. The highest BCUT2D eigenvalue weighted by atomic mass is 35.5. The zero-order valence-electron chi connectivity index (χ0n) is 15.6. The normalized spacial score (nSPS) is 16.4. The molecule has 2 aliphatic rings. The minimum atomic E-state index is -0.159. The minimum absolute atomic E-state index is 0.0571. The van der Waals surface area contributed by atoms with Gasteiger partial charge in [0, 0.05) is 35.8 Å². The van der Waals surface area contributed by atoms with Crippen LogP contribution in [0.3, 0.4) is 0 Å². The lowest BCUT2D eigenvalue weighted by Crippen LogP contribution is -2.41. The van der Waals surface area contributed by atoms with Crippen LogP contribution in [0.4, 0.5) is 5.69 Å². The van der Waals surface area contributed by atoms with Crippen molar-refractivity contribution >= 4 is 40.7 Å². The van der Waals surface area contributed by atoms with E-state index in [-0.39, 0.29) is 17.7 Å². The largest absolute Gasteiger partial charge is 0.486 e. The van der Waals surface area contributed by atoms with Crippen LogP contribution < -0.4 is 14.8 Å². The van der Waals surface area contributed by atoms with Gasteiger partial charge in [0.1, 0.15) is 13.2 Å². The molecule has 0 aliphatic carbocycles. The fourth-order valence-corrected chi connectivity index (χ4v) is 4.03. The first-order valence-electron chi connectivity index (χ1n) is 9.46. The van der Waals surface area contributed by atoms with Crippen LogP contribution in [-0.2, 0) is 4.79 Å². The van der Waals surface area contributed by atoms with Gasteiger partial charge in [0.15, 0.2) is 11.5 Å². The lowest BCUT2D eigenvalue weighted by Gasteiger charge is -2.31. The van der Waals surface area contributed by atoms with E-state index in [0.717, 1.165) is 0 Å². The number of likely N-dealkylation sites (tertiary alicyclic amines) is 1. The summed E-state index contributed by atoms with van der Waals surface area (Å²) < 4.78 is 11.0. The van der Waals surface area contributed by atoms with Crippen molar-refractivity contribution < 1.29 is 19.1 Å². The van der Waals surface area contributed by atoms with Gasteiger partial charge < -0.3 is 19.7 Å². The number of ether oxygens (including phenoxy) is 2. The molecule has 152 valence electrons. The van der Waals surface area contributed by atoms with Crippen LogP contribution >= 0.6 is 23.2 Å². The van der Waals surface area contributed by atoms with E-state index < -0.39 is 0 Å². The Morgan fingerprint density at radius 1 is 0.966 bits per heavy atom. The van der Waals surface area contributed by atoms with Crippen molar-refractivity contribution in [3.63, 3.8) is 0 Å². The van der Waals surface area contributed by atoms with Gasteiger partial charge in [-0.1, -0.05) is 23.2 Å². The molecule has 2 aromatic rings. The maximum atomic E-state index is 12.7. The van der Waals surface area contributed by atoms with Crippen LogP contribution in [0.2, 0.25) is 10.0 Å². The molecule has 2 aromatic carbocycles. The van der Waals surface area contributed by atoms with Crippen molar-refractivity contribution in [1.29, 1.82) is 0 Å². The second kappa shape index (κ2) is 8.51. The van der Waals surface area contributed by atoms with E-state index >= 15 is 0 Å². The molecule has 6 nitrogen and oxygen atoms in total. The van der Waals surface area contributed by atoms with Crippen molar-refractivity contribution in [3.05, 3.63) is 52.0 Å². The van der Waals surface area contributed by atoms with E-state index in [1.807, 2.05) is 0 Å². The average Bonchev–Trinajstić information content (AvgIpc) is 2.73. The zero-order valence-corrected chi connectivity index (χ0v) is 17.1. The lowest BCUT2D eigenvalue weighted by atomic mass is 9.95. The number of nitrogens with one attached hydrogen (secondary N) is 1. The molecule has 0 spiro atoms. The highest BCUT2D eigenvalue weighted by Gasteiger charge is 2.29. The SMILES string of the molecule is O=C(Nc1ccc2c(c1)OCCO2)C1CCN(C(=O)c2ccc(Cl)cc2Cl)CC1. The predicted molar refractivity (Wildman–Crippen MR) is 111 cm³/mol. The van der Waals surface area contributed by atoms with Crippen LogP contribution in [0.1, 0.15) is 23.2 Å². The van der Waals surface area contributed by atoms with Gasteiger partial charge >= 0.3 is 0 Å². The summed E-state index contributed by atoms with van der Waals surface area (Å²) in [6.45, 7) is 2.01. The van der Waals surface area contributed by atoms with E-state index in [2.05, 4.69) is 5.32 Å². The van der Waals surface area contributed by atoms with Gasteiger partial charge in [0.25, 0.3) is 5.91 Å². The smallest absolute Gasteiger partial charge is 0.255 e. The minimum Gasteiger partial charge on any atom is -0.486 e. The third kappa shape index (κ3) is 4.43. The number of benzene rings is 2. The Balaban J connectivity index is 1.34. The Hall–Kier alpha value is -2.44. The molecule has 1 fully saturated rings. The maximum absolute atomic E-state index is 12.7. The van der Waals surface area contributed by atoms with Crippen LogP contribution in [0.25, 0.3) is 0 Å². The highest BCUT2D eigenvalue weighted by molar-refractivity contribution is 6.36. The first-order valence-corrected chi connectivity index (χ1v) is 10.2. The summed E-state index contributed by atoms with van der Waals surface area (Å²) in [5.74, 6) is 0.958. The lowest BCUT2D eigenvalue weighted by molar-refractivity contribution is -0.121. The quantitative estimate of drug-likeness (QED) is 0.783. The van der Waals surface area contributed by atoms with Crippen molar-refractivity contribution in [3.8, 4) is 11.5 Å². The summed E-state index contributed by atoms with van der Waals surface area (Å²) in [4.78, 5) is 27.1. The van der Waals surface area contributed by atoms with Gasteiger partial charge in [-0.3, -0.25) is 9.59 Å². The van der Waals surface area contributed by atoms with E-state index in [1.54, 1.807) is 41.3 Å². The van der Waals surface area contributed by atoms with Crippen LogP contribution in [0.15, 0.2) is 36.4 Å². The number of amides is 2. The summed E-state index contributed by atoms with van der Waals surface area (Å²) >= 11 is 12.0. The number of rotatable bonds is 3. The van der Waals surface area contributed by atoms with Crippen LogP contribution in [-0.4, -0.2) is 43.0 Å². The molecule has 2 amide bonds. The van der Waals surface area contributed by atoms with Crippen molar-refractivity contribution in [2.24, 2.45) is 5.92 Å². The Morgan fingerprint density at radius 3 is 2.41 bits per heavy atom. The third-order valence-electron chi connectivity index (χ3n) is 5.12. The standard InChI is InChI=1S/C21H20Cl2N2O4/c22-14-1-3-16(17(23)11-14)21(27)25-7-5-13(6-8-25)20(26)24-15-2-4-18-19(12-15)29-10-9-28-18/h1-4,11-13H,5-10H2,(H,24,26). The van der Waals surface area contributed by atoms with Gasteiger partial charge in [-0.2, -0.15) is 0 Å². The summed E-state index contributed by atoms with van der Waals surface area (Å²) in [6.07, 6.45) is 1.18. The number of nitrogens with zero attached hydrogens (tertiary/aromatic N) is 1. The molecular formula is C21H20Cl2N2O4. The number of piperidine rings is 1. The Labute approximate surface area is 178 Å². The topological polar surface area (TPSA) is 67.9 Å². The molecule has 0 saturated carbocycles. The first kappa shape index (κ1) is 19.9.